The lowest BCUT2D eigenvalue weighted by Gasteiger charge is -2.31. The lowest BCUT2D eigenvalue weighted by atomic mass is 10.0. The first-order valence-electron chi connectivity index (χ1n) is 11.0. The van der Waals surface area contributed by atoms with Crippen LogP contribution < -0.4 is 10.1 Å². The largest absolute Gasteiger partial charge is 0.497 e. The SMILES string of the molecule is CCCC(=O)N(Cc1ccc(OC)cc1)[C@@H](C(=O)NCc1ccc(Cl)cc1)c1ccccc1. The summed E-state index contributed by atoms with van der Waals surface area (Å²) in [6.07, 6.45) is 1.07. The van der Waals surface area contributed by atoms with Gasteiger partial charge in [0, 0.05) is 24.5 Å². The van der Waals surface area contributed by atoms with Crippen molar-refractivity contribution in [3.63, 3.8) is 0 Å². The van der Waals surface area contributed by atoms with Crippen LogP contribution >= 0.6 is 11.6 Å². The third-order valence-corrected chi connectivity index (χ3v) is 5.60. The van der Waals surface area contributed by atoms with E-state index in [1.54, 1.807) is 24.1 Å². The number of carbonyl (C=O) groups excluding carboxylic acids is 2. The van der Waals surface area contributed by atoms with E-state index in [-0.39, 0.29) is 11.8 Å². The second-order valence-corrected chi connectivity index (χ2v) is 8.21. The monoisotopic (exact) mass is 464 g/mol. The molecule has 0 aromatic heterocycles. The molecular weight excluding hydrogens is 436 g/mol. The Bertz CT molecular complexity index is 1040. The van der Waals surface area contributed by atoms with Gasteiger partial charge in [-0.3, -0.25) is 9.59 Å². The molecule has 1 N–H and O–H groups in total. The third kappa shape index (κ3) is 6.83. The molecule has 172 valence electrons. The highest BCUT2D eigenvalue weighted by molar-refractivity contribution is 6.30. The zero-order chi connectivity index (χ0) is 23.6. The molecule has 0 aliphatic carbocycles. The predicted molar refractivity (Wildman–Crippen MR) is 131 cm³/mol. The lowest BCUT2D eigenvalue weighted by Crippen LogP contribution is -2.43. The van der Waals surface area contributed by atoms with Gasteiger partial charge in [0.1, 0.15) is 11.8 Å². The molecule has 6 heteroatoms. The minimum Gasteiger partial charge on any atom is -0.497 e. The minimum atomic E-state index is -0.750. The fourth-order valence-electron chi connectivity index (χ4n) is 3.60. The Hall–Kier alpha value is -3.31. The Morgan fingerprint density at radius 1 is 0.939 bits per heavy atom. The molecule has 0 spiro atoms. The average molecular weight is 465 g/mol. The Morgan fingerprint density at radius 2 is 1.58 bits per heavy atom. The van der Waals surface area contributed by atoms with Crippen LogP contribution in [0.4, 0.5) is 0 Å². The molecule has 0 saturated carbocycles. The molecule has 0 aliphatic heterocycles. The van der Waals surface area contributed by atoms with Gasteiger partial charge >= 0.3 is 0 Å². The number of ether oxygens (including phenoxy) is 1. The highest BCUT2D eigenvalue weighted by atomic mass is 35.5. The number of hydrogen-bond donors (Lipinski definition) is 1. The van der Waals surface area contributed by atoms with Crippen molar-refractivity contribution in [2.24, 2.45) is 0 Å². The smallest absolute Gasteiger partial charge is 0.247 e. The molecule has 33 heavy (non-hydrogen) atoms. The fourth-order valence-corrected chi connectivity index (χ4v) is 3.73. The topological polar surface area (TPSA) is 58.6 Å². The average Bonchev–Trinajstić information content (AvgIpc) is 2.84. The van der Waals surface area contributed by atoms with Gasteiger partial charge in [-0.25, -0.2) is 0 Å². The molecule has 5 nitrogen and oxygen atoms in total. The number of nitrogens with one attached hydrogen (secondary N) is 1. The van der Waals surface area contributed by atoms with Crippen LogP contribution in [-0.2, 0) is 22.7 Å². The number of hydrogen-bond acceptors (Lipinski definition) is 3. The van der Waals surface area contributed by atoms with Crippen LogP contribution in [0.2, 0.25) is 5.02 Å². The van der Waals surface area contributed by atoms with Gasteiger partial charge in [0.15, 0.2) is 0 Å². The van der Waals surface area contributed by atoms with Gasteiger partial charge in [0.2, 0.25) is 11.8 Å². The van der Waals surface area contributed by atoms with Crippen LogP contribution in [0.25, 0.3) is 0 Å². The number of amides is 2. The second-order valence-electron chi connectivity index (χ2n) is 7.78. The summed E-state index contributed by atoms with van der Waals surface area (Å²) in [5.41, 5.74) is 2.62. The van der Waals surface area contributed by atoms with Crippen LogP contribution in [-0.4, -0.2) is 23.8 Å². The first-order chi connectivity index (χ1) is 16.0. The van der Waals surface area contributed by atoms with E-state index >= 15 is 0 Å². The second kappa shape index (κ2) is 12.1. The summed E-state index contributed by atoms with van der Waals surface area (Å²) < 4.78 is 5.24. The summed E-state index contributed by atoms with van der Waals surface area (Å²) in [5, 5.41) is 3.64. The van der Waals surface area contributed by atoms with E-state index in [4.69, 9.17) is 16.3 Å². The molecule has 2 amide bonds. The van der Waals surface area contributed by atoms with Crippen LogP contribution in [0, 0.1) is 0 Å². The van der Waals surface area contributed by atoms with Gasteiger partial charge < -0.3 is 15.0 Å². The zero-order valence-corrected chi connectivity index (χ0v) is 19.7. The van der Waals surface area contributed by atoms with Crippen LogP contribution in [0.5, 0.6) is 5.75 Å². The van der Waals surface area contributed by atoms with Gasteiger partial charge in [-0.05, 0) is 47.4 Å². The molecule has 0 fully saturated rings. The first kappa shape index (κ1) is 24.3. The van der Waals surface area contributed by atoms with Crippen molar-refractivity contribution in [2.75, 3.05) is 7.11 Å². The summed E-state index contributed by atoms with van der Waals surface area (Å²) in [6.45, 7) is 2.62. The summed E-state index contributed by atoms with van der Waals surface area (Å²) in [4.78, 5) is 28.3. The van der Waals surface area contributed by atoms with E-state index in [9.17, 15) is 9.59 Å². The van der Waals surface area contributed by atoms with E-state index in [1.165, 1.54) is 0 Å². The number of rotatable bonds is 10. The molecule has 1 atom stereocenters. The van der Waals surface area contributed by atoms with E-state index in [0.717, 1.165) is 22.4 Å². The van der Waals surface area contributed by atoms with Crippen molar-refractivity contribution in [2.45, 2.75) is 38.9 Å². The van der Waals surface area contributed by atoms with E-state index in [2.05, 4.69) is 5.32 Å². The van der Waals surface area contributed by atoms with Crippen molar-refractivity contribution in [1.29, 1.82) is 0 Å². The van der Waals surface area contributed by atoms with Gasteiger partial charge in [-0.2, -0.15) is 0 Å². The molecule has 3 aromatic rings. The zero-order valence-electron chi connectivity index (χ0n) is 19.0. The molecule has 0 radical (unpaired) electrons. The molecular formula is C27H29ClN2O3. The highest BCUT2D eigenvalue weighted by Crippen LogP contribution is 2.26. The maximum atomic E-state index is 13.5. The number of benzene rings is 3. The summed E-state index contributed by atoms with van der Waals surface area (Å²) in [6, 6.07) is 23.5. The summed E-state index contributed by atoms with van der Waals surface area (Å²) in [5.74, 6) is 0.448. The van der Waals surface area contributed by atoms with E-state index < -0.39 is 6.04 Å². The fraction of sp³-hybridized carbons (Fsp3) is 0.259. The normalized spacial score (nSPS) is 11.5. The van der Waals surface area contributed by atoms with Crippen molar-refractivity contribution in [3.05, 3.63) is 101 Å². The van der Waals surface area contributed by atoms with Gasteiger partial charge in [-0.1, -0.05) is 73.1 Å². The number of methoxy groups -OCH3 is 1. The summed E-state index contributed by atoms with van der Waals surface area (Å²) >= 11 is 5.97. The maximum Gasteiger partial charge on any atom is 0.247 e. The van der Waals surface area contributed by atoms with Crippen LogP contribution in [0.3, 0.4) is 0 Å². The van der Waals surface area contributed by atoms with Crippen molar-refractivity contribution in [3.8, 4) is 5.75 Å². The molecule has 0 unspecified atom stereocenters. The molecule has 0 bridgehead atoms. The van der Waals surface area contributed by atoms with Gasteiger partial charge in [-0.15, -0.1) is 0 Å². The van der Waals surface area contributed by atoms with E-state index in [1.807, 2.05) is 73.7 Å². The molecule has 3 aromatic carbocycles. The third-order valence-electron chi connectivity index (χ3n) is 5.35. The van der Waals surface area contributed by atoms with Crippen molar-refractivity contribution >= 4 is 23.4 Å². The minimum absolute atomic E-state index is 0.0659. The standard InChI is InChI=1S/C27H29ClN2O3/c1-3-7-25(31)30(19-21-12-16-24(33-2)17-13-21)26(22-8-5-4-6-9-22)27(32)29-18-20-10-14-23(28)15-11-20/h4-6,8-17,26H,3,7,18-19H2,1-2H3,(H,29,32)/t26-/m1/s1. The Balaban J connectivity index is 1.89. The predicted octanol–water partition coefficient (Wildman–Crippen LogP) is 5.54. The van der Waals surface area contributed by atoms with Gasteiger partial charge in [0.25, 0.3) is 0 Å². The molecule has 3 rings (SSSR count). The molecule has 0 heterocycles. The number of halogens is 1. The highest BCUT2D eigenvalue weighted by Gasteiger charge is 2.31. The lowest BCUT2D eigenvalue weighted by molar-refractivity contribution is -0.141. The first-order valence-corrected chi connectivity index (χ1v) is 11.4. The Labute approximate surface area is 200 Å². The number of carbonyl (C=O) groups is 2. The molecule has 0 aliphatic rings. The van der Waals surface area contributed by atoms with Crippen LogP contribution in [0.15, 0.2) is 78.9 Å². The summed E-state index contributed by atoms with van der Waals surface area (Å²) in [7, 11) is 1.61. The van der Waals surface area contributed by atoms with Gasteiger partial charge in [0.05, 0.1) is 7.11 Å². The maximum absolute atomic E-state index is 13.5. The Morgan fingerprint density at radius 3 is 2.18 bits per heavy atom. The van der Waals surface area contributed by atoms with Crippen LogP contribution in [0.1, 0.15) is 42.5 Å². The molecule has 0 saturated heterocycles. The quantitative estimate of drug-likeness (QED) is 0.429. The van der Waals surface area contributed by atoms with Crippen molar-refractivity contribution < 1.29 is 14.3 Å². The van der Waals surface area contributed by atoms with E-state index in [0.29, 0.717) is 31.0 Å². The van der Waals surface area contributed by atoms with Crippen molar-refractivity contribution in [1.82, 2.24) is 10.2 Å². The number of nitrogens with zero attached hydrogens (tertiary/aromatic N) is 1. The Kier molecular flexibility index (Phi) is 8.90.